The largest absolute Gasteiger partial charge is 0.351 e. The fourth-order valence-electron chi connectivity index (χ4n) is 6.01. The molecule has 4 heterocycles. The van der Waals surface area contributed by atoms with Gasteiger partial charge in [0.2, 0.25) is 11.7 Å². The number of carbonyl (C=O) groups excluding carboxylic acids is 2. The van der Waals surface area contributed by atoms with Gasteiger partial charge < -0.3 is 19.3 Å². The van der Waals surface area contributed by atoms with Gasteiger partial charge >= 0.3 is 0 Å². The fourth-order valence-corrected chi connectivity index (χ4v) is 6.01. The molecule has 2 aliphatic carbocycles. The summed E-state index contributed by atoms with van der Waals surface area (Å²) in [5.74, 6) is 1.46. The Kier molecular flexibility index (Phi) is 3.39. The molecule has 2 aromatic rings. The SMILES string of the molecule is Cc1cnoc1C(=O)N1CC2(CC(NC(=O)C3CC34CCCC4)c3nccn32)C1. The molecule has 8 heteroatoms. The van der Waals surface area contributed by atoms with Gasteiger partial charge in [0, 0.05) is 43.4 Å². The minimum atomic E-state index is -0.192. The van der Waals surface area contributed by atoms with Gasteiger partial charge in [-0.3, -0.25) is 9.59 Å². The minimum absolute atomic E-state index is 0.0826. The summed E-state index contributed by atoms with van der Waals surface area (Å²) < 4.78 is 7.28. The maximum atomic E-state index is 12.9. The van der Waals surface area contributed by atoms with E-state index in [-0.39, 0.29) is 29.3 Å². The molecule has 4 aliphatic rings. The molecule has 2 unspecified atom stereocenters. The lowest BCUT2D eigenvalue weighted by Gasteiger charge is -2.48. The molecule has 2 atom stereocenters. The average Bonchev–Trinajstić information content (AvgIpc) is 3.15. The van der Waals surface area contributed by atoms with Crippen LogP contribution in [0.25, 0.3) is 0 Å². The Morgan fingerprint density at radius 2 is 2.03 bits per heavy atom. The molecule has 6 rings (SSSR count). The third-order valence-electron chi connectivity index (χ3n) is 7.70. The van der Waals surface area contributed by atoms with Crippen molar-refractivity contribution in [1.82, 2.24) is 24.9 Å². The zero-order valence-electron chi connectivity index (χ0n) is 16.6. The first kappa shape index (κ1) is 17.2. The van der Waals surface area contributed by atoms with Crippen molar-refractivity contribution in [2.75, 3.05) is 13.1 Å². The monoisotopic (exact) mass is 395 g/mol. The quantitative estimate of drug-likeness (QED) is 0.860. The normalized spacial score (nSPS) is 27.8. The first-order valence-electron chi connectivity index (χ1n) is 10.6. The molecule has 152 valence electrons. The van der Waals surface area contributed by atoms with E-state index in [1.54, 1.807) is 17.3 Å². The molecule has 8 nitrogen and oxygen atoms in total. The molecular weight excluding hydrogens is 370 g/mol. The highest BCUT2D eigenvalue weighted by Gasteiger charge is 2.60. The van der Waals surface area contributed by atoms with Crippen molar-refractivity contribution in [2.45, 2.75) is 57.0 Å². The molecule has 29 heavy (non-hydrogen) atoms. The Hall–Kier alpha value is -2.64. The number of aryl methyl sites for hydroxylation is 1. The first-order chi connectivity index (χ1) is 14.0. The van der Waals surface area contributed by atoms with Crippen molar-refractivity contribution in [3.63, 3.8) is 0 Å². The number of imidazole rings is 1. The topological polar surface area (TPSA) is 93.3 Å². The summed E-state index contributed by atoms with van der Waals surface area (Å²) in [5.41, 5.74) is 0.855. The van der Waals surface area contributed by atoms with Crippen LogP contribution in [0.1, 0.15) is 66.5 Å². The van der Waals surface area contributed by atoms with Crippen LogP contribution in [0.4, 0.5) is 0 Å². The molecule has 2 aliphatic heterocycles. The first-order valence-corrected chi connectivity index (χ1v) is 10.6. The second kappa shape index (κ2) is 5.70. The summed E-state index contributed by atoms with van der Waals surface area (Å²) in [6.45, 7) is 3.01. The van der Waals surface area contributed by atoms with Gasteiger partial charge in [-0.25, -0.2) is 4.98 Å². The maximum Gasteiger partial charge on any atom is 0.292 e. The summed E-state index contributed by atoms with van der Waals surface area (Å²) in [5, 5.41) is 7.00. The number of nitrogens with zero attached hydrogens (tertiary/aromatic N) is 4. The standard InChI is InChI=1S/C21H25N5O3/c1-13-10-23-29-16(13)19(28)25-11-21(12-25)9-15(17-22-6-7-26(17)21)24-18(27)14-8-20(14)4-2-3-5-20/h6-7,10,14-15H,2-5,8-9,11-12H2,1H3,(H,24,27). The van der Waals surface area contributed by atoms with Crippen molar-refractivity contribution in [2.24, 2.45) is 11.3 Å². The van der Waals surface area contributed by atoms with Crippen molar-refractivity contribution in [3.8, 4) is 0 Å². The van der Waals surface area contributed by atoms with E-state index in [0.29, 0.717) is 24.3 Å². The zero-order chi connectivity index (χ0) is 19.8. The Balaban J connectivity index is 1.16. The van der Waals surface area contributed by atoms with Gasteiger partial charge in [0.15, 0.2) is 0 Å². The van der Waals surface area contributed by atoms with Gasteiger partial charge in [-0.1, -0.05) is 18.0 Å². The van der Waals surface area contributed by atoms with Gasteiger partial charge in [0.05, 0.1) is 17.8 Å². The van der Waals surface area contributed by atoms with E-state index in [1.807, 2.05) is 13.1 Å². The lowest BCUT2D eigenvalue weighted by atomic mass is 9.85. The molecule has 0 radical (unpaired) electrons. The van der Waals surface area contributed by atoms with E-state index in [0.717, 1.165) is 24.2 Å². The van der Waals surface area contributed by atoms with E-state index in [4.69, 9.17) is 4.52 Å². The van der Waals surface area contributed by atoms with Crippen LogP contribution in [-0.2, 0) is 10.3 Å². The third kappa shape index (κ3) is 2.37. The predicted molar refractivity (Wildman–Crippen MR) is 102 cm³/mol. The van der Waals surface area contributed by atoms with Crippen LogP contribution in [0.15, 0.2) is 23.1 Å². The molecule has 0 bridgehead atoms. The van der Waals surface area contributed by atoms with Crippen molar-refractivity contribution in [1.29, 1.82) is 0 Å². The third-order valence-corrected chi connectivity index (χ3v) is 7.70. The average molecular weight is 395 g/mol. The predicted octanol–water partition coefficient (Wildman–Crippen LogP) is 2.17. The number of rotatable bonds is 3. The molecule has 0 aromatic carbocycles. The lowest BCUT2D eigenvalue weighted by Crippen LogP contribution is -2.63. The van der Waals surface area contributed by atoms with Gasteiger partial charge in [-0.2, -0.15) is 0 Å². The van der Waals surface area contributed by atoms with Crippen molar-refractivity contribution in [3.05, 3.63) is 35.7 Å². The van der Waals surface area contributed by atoms with E-state index >= 15 is 0 Å². The van der Waals surface area contributed by atoms with Crippen LogP contribution in [-0.4, -0.2) is 44.5 Å². The highest BCUT2D eigenvalue weighted by atomic mass is 16.5. The minimum Gasteiger partial charge on any atom is -0.351 e. The van der Waals surface area contributed by atoms with Crippen LogP contribution < -0.4 is 5.32 Å². The molecule has 2 amide bonds. The molecule has 1 saturated heterocycles. The lowest BCUT2D eigenvalue weighted by molar-refractivity contribution is -0.124. The Bertz CT molecular complexity index is 996. The highest BCUT2D eigenvalue weighted by Crippen LogP contribution is 2.63. The van der Waals surface area contributed by atoms with Crippen LogP contribution in [0.3, 0.4) is 0 Å². The Morgan fingerprint density at radius 1 is 1.24 bits per heavy atom. The Labute approximate surface area is 168 Å². The molecular formula is C21H25N5O3. The summed E-state index contributed by atoms with van der Waals surface area (Å²) in [6, 6.07) is -0.0826. The second-order valence-corrected chi connectivity index (χ2v) is 9.47. The number of aromatic nitrogens is 3. The highest BCUT2D eigenvalue weighted by molar-refractivity contribution is 5.93. The molecule has 3 fully saturated rings. The number of likely N-dealkylation sites (tertiary alicyclic amines) is 1. The van der Waals surface area contributed by atoms with Gasteiger partial charge in [0.1, 0.15) is 5.82 Å². The zero-order valence-corrected chi connectivity index (χ0v) is 16.6. The summed E-state index contributed by atoms with van der Waals surface area (Å²) in [6.07, 6.45) is 12.1. The fraction of sp³-hybridized carbons (Fsp3) is 0.619. The van der Waals surface area contributed by atoms with E-state index in [2.05, 4.69) is 20.0 Å². The van der Waals surface area contributed by atoms with E-state index < -0.39 is 0 Å². The van der Waals surface area contributed by atoms with Crippen LogP contribution >= 0.6 is 0 Å². The smallest absolute Gasteiger partial charge is 0.292 e. The van der Waals surface area contributed by atoms with Gasteiger partial charge in [-0.15, -0.1) is 0 Å². The number of nitrogens with one attached hydrogen (secondary N) is 1. The molecule has 2 spiro atoms. The number of hydrogen-bond acceptors (Lipinski definition) is 5. The maximum absolute atomic E-state index is 12.9. The van der Waals surface area contributed by atoms with Crippen LogP contribution in [0.5, 0.6) is 0 Å². The summed E-state index contributed by atoms with van der Waals surface area (Å²) in [7, 11) is 0. The number of hydrogen-bond donors (Lipinski definition) is 1. The van der Waals surface area contributed by atoms with Crippen LogP contribution in [0, 0.1) is 18.3 Å². The van der Waals surface area contributed by atoms with Gasteiger partial charge in [-0.05, 0) is 31.6 Å². The number of carbonyl (C=O) groups is 2. The van der Waals surface area contributed by atoms with E-state index in [1.165, 1.54) is 25.7 Å². The Morgan fingerprint density at radius 3 is 2.76 bits per heavy atom. The second-order valence-electron chi connectivity index (χ2n) is 9.47. The summed E-state index contributed by atoms with van der Waals surface area (Å²) in [4.78, 5) is 31.9. The number of fused-ring (bicyclic) bond motifs is 2. The van der Waals surface area contributed by atoms with Crippen molar-refractivity contribution >= 4 is 11.8 Å². The summed E-state index contributed by atoms with van der Waals surface area (Å²) >= 11 is 0. The molecule has 1 N–H and O–H groups in total. The van der Waals surface area contributed by atoms with Crippen LogP contribution in [0.2, 0.25) is 0 Å². The molecule has 2 aromatic heterocycles. The number of amides is 2. The molecule has 2 saturated carbocycles. The van der Waals surface area contributed by atoms with Crippen molar-refractivity contribution < 1.29 is 14.1 Å². The van der Waals surface area contributed by atoms with Gasteiger partial charge in [0.25, 0.3) is 5.91 Å². The van der Waals surface area contributed by atoms with E-state index in [9.17, 15) is 9.59 Å².